The number of rotatable bonds is 6. The Labute approximate surface area is 244 Å². The van der Waals surface area contributed by atoms with Crippen molar-refractivity contribution in [2.24, 2.45) is 0 Å². The van der Waals surface area contributed by atoms with E-state index in [2.05, 4.69) is 51.3 Å². The number of hydrogen-bond donors (Lipinski definition) is 2. The van der Waals surface area contributed by atoms with Crippen LogP contribution < -0.4 is 11.1 Å². The third-order valence-electron chi connectivity index (χ3n) is 7.68. The van der Waals surface area contributed by atoms with Gasteiger partial charge in [-0.3, -0.25) is 9.69 Å². The van der Waals surface area contributed by atoms with Crippen molar-refractivity contribution in [2.75, 3.05) is 50.9 Å². The number of fused-ring (bicyclic) bond motifs is 1. The fourth-order valence-electron chi connectivity index (χ4n) is 5.43. The molecule has 0 radical (unpaired) electrons. The van der Waals surface area contributed by atoms with Crippen molar-refractivity contribution in [3.05, 3.63) is 81.8 Å². The zero-order chi connectivity index (χ0) is 28.5. The summed E-state index contributed by atoms with van der Waals surface area (Å²) in [6.45, 7) is 8.14. The molecule has 1 fully saturated rings. The molecule has 11 heteroatoms. The number of carbonyl (C=O) groups excluding carboxylic acids is 1. The van der Waals surface area contributed by atoms with E-state index in [-0.39, 0.29) is 11.7 Å². The SMILES string of the molecule is Cc1cc(-c2cnc(N)c(-n3cc(C(=O)Nc4ccc(CN5CCOCC5)cc4Cl)cn3)n2)cc2c1CCN(C)C2. The van der Waals surface area contributed by atoms with Gasteiger partial charge in [0.1, 0.15) is 0 Å². The molecule has 1 amide bonds. The molecule has 0 saturated carbocycles. The van der Waals surface area contributed by atoms with Crippen molar-refractivity contribution in [3.63, 3.8) is 0 Å². The quantitative estimate of drug-likeness (QED) is 0.357. The fraction of sp³-hybridized carbons (Fsp3) is 0.333. The summed E-state index contributed by atoms with van der Waals surface area (Å²) in [5, 5.41) is 7.72. The Kier molecular flexibility index (Phi) is 7.72. The summed E-state index contributed by atoms with van der Waals surface area (Å²) in [4.78, 5) is 26.9. The van der Waals surface area contributed by atoms with Gasteiger partial charge in [-0.15, -0.1) is 0 Å². The maximum Gasteiger partial charge on any atom is 0.258 e. The highest BCUT2D eigenvalue weighted by Gasteiger charge is 2.19. The summed E-state index contributed by atoms with van der Waals surface area (Å²) in [5.41, 5.74) is 13.8. The van der Waals surface area contributed by atoms with E-state index < -0.39 is 0 Å². The summed E-state index contributed by atoms with van der Waals surface area (Å²) in [5.74, 6) is 0.243. The van der Waals surface area contributed by atoms with E-state index in [1.165, 1.54) is 27.6 Å². The van der Waals surface area contributed by atoms with Crippen LogP contribution in [0.2, 0.25) is 5.02 Å². The molecular weight excluding hydrogens is 540 g/mol. The Bertz CT molecular complexity index is 1600. The predicted octanol–water partition coefficient (Wildman–Crippen LogP) is 3.95. The molecule has 6 rings (SSSR count). The minimum atomic E-state index is -0.337. The van der Waals surface area contributed by atoms with Crippen LogP contribution >= 0.6 is 11.6 Å². The molecule has 2 aliphatic rings. The number of hydrogen-bond acceptors (Lipinski definition) is 8. The molecule has 2 aromatic carbocycles. The lowest BCUT2D eigenvalue weighted by Gasteiger charge is -2.27. The van der Waals surface area contributed by atoms with Crippen molar-refractivity contribution in [1.82, 2.24) is 29.5 Å². The zero-order valence-electron chi connectivity index (χ0n) is 23.2. The van der Waals surface area contributed by atoms with Gasteiger partial charge in [-0.2, -0.15) is 5.10 Å². The van der Waals surface area contributed by atoms with E-state index in [4.69, 9.17) is 27.1 Å². The number of nitrogens with zero attached hydrogens (tertiary/aromatic N) is 6. The number of benzene rings is 2. The van der Waals surface area contributed by atoms with E-state index in [1.54, 1.807) is 12.4 Å². The van der Waals surface area contributed by atoms with Crippen LogP contribution in [0.5, 0.6) is 0 Å². The summed E-state index contributed by atoms with van der Waals surface area (Å²) >= 11 is 6.52. The summed E-state index contributed by atoms with van der Waals surface area (Å²) in [7, 11) is 2.13. The highest BCUT2D eigenvalue weighted by Crippen LogP contribution is 2.29. The second kappa shape index (κ2) is 11.6. The summed E-state index contributed by atoms with van der Waals surface area (Å²) < 4.78 is 6.90. The highest BCUT2D eigenvalue weighted by molar-refractivity contribution is 6.34. The number of halogens is 1. The van der Waals surface area contributed by atoms with E-state index in [1.807, 2.05) is 18.2 Å². The number of aromatic nitrogens is 4. The number of nitrogen functional groups attached to an aromatic ring is 1. The van der Waals surface area contributed by atoms with Gasteiger partial charge < -0.3 is 20.7 Å². The van der Waals surface area contributed by atoms with Crippen LogP contribution in [0.4, 0.5) is 11.5 Å². The first-order valence-corrected chi connectivity index (χ1v) is 14.1. The molecule has 0 spiro atoms. The first kappa shape index (κ1) is 27.3. The number of aryl methyl sites for hydroxylation is 1. The first-order chi connectivity index (χ1) is 19.8. The Hall–Kier alpha value is -3.83. The molecule has 212 valence electrons. The number of amides is 1. The normalized spacial score (nSPS) is 16.0. The van der Waals surface area contributed by atoms with E-state index in [9.17, 15) is 4.79 Å². The molecule has 0 aliphatic carbocycles. The molecule has 2 aromatic heterocycles. The molecule has 0 bridgehead atoms. The van der Waals surface area contributed by atoms with Gasteiger partial charge >= 0.3 is 0 Å². The molecule has 3 N–H and O–H groups in total. The average molecular weight is 573 g/mol. The lowest BCUT2D eigenvalue weighted by molar-refractivity contribution is 0.0342. The average Bonchev–Trinajstić information content (AvgIpc) is 3.45. The van der Waals surface area contributed by atoms with Gasteiger partial charge in [0, 0.05) is 44.5 Å². The fourth-order valence-corrected chi connectivity index (χ4v) is 5.68. The van der Waals surface area contributed by atoms with Crippen LogP contribution in [0, 0.1) is 6.92 Å². The van der Waals surface area contributed by atoms with Crippen LogP contribution in [0.25, 0.3) is 17.1 Å². The van der Waals surface area contributed by atoms with E-state index in [0.717, 1.165) is 63.5 Å². The van der Waals surface area contributed by atoms with Crippen molar-refractivity contribution < 1.29 is 9.53 Å². The molecule has 1 saturated heterocycles. The minimum absolute atomic E-state index is 0.220. The smallest absolute Gasteiger partial charge is 0.258 e. The summed E-state index contributed by atoms with van der Waals surface area (Å²) in [6.07, 6.45) is 5.78. The number of carbonyl (C=O) groups is 1. The summed E-state index contributed by atoms with van der Waals surface area (Å²) in [6, 6.07) is 10.0. The molecular formula is C30H33ClN8O2. The zero-order valence-corrected chi connectivity index (χ0v) is 24.0. The van der Waals surface area contributed by atoms with Crippen LogP contribution in [0.3, 0.4) is 0 Å². The molecule has 0 unspecified atom stereocenters. The monoisotopic (exact) mass is 572 g/mol. The van der Waals surface area contributed by atoms with Crippen molar-refractivity contribution in [3.8, 4) is 17.1 Å². The molecule has 2 aliphatic heterocycles. The largest absolute Gasteiger partial charge is 0.381 e. The number of anilines is 2. The standard InChI is InChI=1S/C30H33ClN8O2/c1-19-11-21(13-22-17-37(2)6-5-24(19)22)27-15-33-28(32)29(35-27)39-18-23(14-34-39)30(40)36-26-4-3-20(12-25(26)31)16-38-7-9-41-10-8-38/h3-4,11-15,18H,5-10,16-17H2,1-2H3,(H2,32,33)(H,36,40). The minimum Gasteiger partial charge on any atom is -0.381 e. The van der Waals surface area contributed by atoms with Gasteiger partial charge in [0.05, 0.1) is 47.6 Å². The third kappa shape index (κ3) is 5.96. The molecule has 4 heterocycles. The van der Waals surface area contributed by atoms with Gasteiger partial charge in [0.15, 0.2) is 11.6 Å². The Morgan fingerprint density at radius 3 is 2.78 bits per heavy atom. The lowest BCUT2D eigenvalue weighted by Crippen LogP contribution is -2.35. The lowest BCUT2D eigenvalue weighted by atomic mass is 9.92. The van der Waals surface area contributed by atoms with Crippen LogP contribution in [-0.2, 0) is 24.2 Å². The molecule has 41 heavy (non-hydrogen) atoms. The van der Waals surface area contributed by atoms with Gasteiger partial charge in [0.25, 0.3) is 5.91 Å². The number of likely N-dealkylation sites (N-methyl/N-ethyl adjacent to an activating group) is 1. The van der Waals surface area contributed by atoms with Crippen LogP contribution in [0.1, 0.15) is 32.6 Å². The topological polar surface area (TPSA) is 114 Å². The number of ether oxygens (including phenoxy) is 1. The number of nitrogens with one attached hydrogen (secondary N) is 1. The molecule has 10 nitrogen and oxygen atoms in total. The van der Waals surface area contributed by atoms with Crippen LogP contribution in [0.15, 0.2) is 48.9 Å². The third-order valence-corrected chi connectivity index (χ3v) is 7.99. The highest BCUT2D eigenvalue weighted by atomic mass is 35.5. The van der Waals surface area contributed by atoms with Crippen molar-refractivity contribution in [2.45, 2.75) is 26.4 Å². The van der Waals surface area contributed by atoms with Gasteiger partial charge in [-0.1, -0.05) is 17.7 Å². The van der Waals surface area contributed by atoms with Crippen molar-refractivity contribution in [1.29, 1.82) is 0 Å². The van der Waals surface area contributed by atoms with Gasteiger partial charge in [0.2, 0.25) is 0 Å². The van der Waals surface area contributed by atoms with E-state index >= 15 is 0 Å². The first-order valence-electron chi connectivity index (χ1n) is 13.7. The van der Waals surface area contributed by atoms with Gasteiger partial charge in [-0.05, 0) is 66.9 Å². The number of nitrogens with two attached hydrogens (primary N) is 1. The Balaban J connectivity index is 1.19. The maximum atomic E-state index is 13.1. The second-order valence-corrected chi connectivity index (χ2v) is 11.1. The van der Waals surface area contributed by atoms with Crippen LogP contribution in [-0.4, -0.2) is 75.4 Å². The predicted molar refractivity (Wildman–Crippen MR) is 159 cm³/mol. The molecule has 4 aromatic rings. The molecule has 0 atom stereocenters. The van der Waals surface area contributed by atoms with Crippen molar-refractivity contribution >= 4 is 29.0 Å². The maximum absolute atomic E-state index is 13.1. The van der Waals surface area contributed by atoms with Gasteiger partial charge in [-0.25, -0.2) is 14.6 Å². The Morgan fingerprint density at radius 1 is 1.15 bits per heavy atom. The number of morpholine rings is 1. The second-order valence-electron chi connectivity index (χ2n) is 10.7. The Morgan fingerprint density at radius 2 is 1.98 bits per heavy atom. The van der Waals surface area contributed by atoms with E-state index in [0.29, 0.717) is 27.8 Å².